The molecule has 1 aliphatic rings. The molecule has 4 nitrogen and oxygen atoms in total. The summed E-state index contributed by atoms with van der Waals surface area (Å²) in [4.78, 5) is 11.1. The van der Waals surface area contributed by atoms with Gasteiger partial charge in [-0.3, -0.25) is 0 Å². The highest BCUT2D eigenvalue weighted by atomic mass is 32.3. The van der Waals surface area contributed by atoms with E-state index in [2.05, 4.69) is 4.74 Å². The normalized spacial score (nSPS) is 21.7. The maximum atomic E-state index is 13.4. The average Bonchev–Trinajstić information content (AvgIpc) is 2.26. The third-order valence-corrected chi connectivity index (χ3v) is 3.86. The van der Waals surface area contributed by atoms with Crippen LogP contribution in [-0.2, 0) is 19.8 Å². The highest BCUT2D eigenvalue weighted by molar-refractivity contribution is 7.88. The van der Waals surface area contributed by atoms with Crippen LogP contribution in [0, 0.1) is 0 Å². The lowest BCUT2D eigenvalue weighted by atomic mass is 9.98. The minimum Gasteiger partial charge on any atom is -0.459 e. The zero-order valence-corrected chi connectivity index (χ0v) is 10.4. The van der Waals surface area contributed by atoms with Gasteiger partial charge in [0.15, 0.2) is 0 Å². The largest absolute Gasteiger partial charge is 0.459 e. The van der Waals surface area contributed by atoms with Gasteiger partial charge in [-0.1, -0.05) is 6.42 Å². The molecule has 0 aliphatic heterocycles. The summed E-state index contributed by atoms with van der Waals surface area (Å²) in [7, 11) is -6.84. The number of alkyl halides is 4. The molecule has 0 saturated heterocycles. The van der Waals surface area contributed by atoms with Gasteiger partial charge < -0.3 is 4.74 Å². The predicted molar refractivity (Wildman–Crippen MR) is 52.9 cm³/mol. The summed E-state index contributed by atoms with van der Waals surface area (Å²) < 4.78 is 87.6. The fourth-order valence-electron chi connectivity index (χ4n) is 1.76. The van der Waals surface area contributed by atoms with E-state index >= 15 is 0 Å². The Labute approximate surface area is 106 Å². The summed E-state index contributed by atoms with van der Waals surface area (Å²) in [6.45, 7) is 0. The molecule has 112 valence electrons. The third kappa shape index (κ3) is 3.15. The van der Waals surface area contributed by atoms with E-state index in [0.717, 1.165) is 6.42 Å². The molecule has 0 unspecified atom stereocenters. The molecular weight excluding hydrogens is 299 g/mol. The van der Waals surface area contributed by atoms with E-state index < -0.39 is 33.5 Å². The minimum atomic E-state index is -6.84. The number of carbonyl (C=O) groups excluding carboxylic acids is 1. The molecule has 0 amide bonds. The first-order valence-corrected chi connectivity index (χ1v) is 6.79. The number of esters is 1. The van der Waals surface area contributed by atoms with Gasteiger partial charge in [0.05, 0.1) is 0 Å². The molecule has 1 atom stereocenters. The third-order valence-electron chi connectivity index (χ3n) is 2.79. The monoisotopic (exact) mass is 310 g/mol. The van der Waals surface area contributed by atoms with Crippen LogP contribution in [-0.4, -0.2) is 31.7 Å². The highest BCUT2D eigenvalue weighted by Crippen LogP contribution is 2.41. The summed E-state index contributed by atoms with van der Waals surface area (Å²) in [5, 5.41) is -5.67. The second-order valence-corrected chi connectivity index (χ2v) is 5.63. The van der Waals surface area contributed by atoms with Crippen molar-refractivity contribution in [3.63, 3.8) is 0 Å². The van der Waals surface area contributed by atoms with E-state index in [0.29, 0.717) is 12.8 Å². The summed E-state index contributed by atoms with van der Waals surface area (Å²) in [6, 6.07) is 0. The molecule has 1 saturated carbocycles. The van der Waals surface area contributed by atoms with Crippen LogP contribution in [0.15, 0.2) is 0 Å². The van der Waals surface area contributed by atoms with Gasteiger partial charge in [0.1, 0.15) is 6.10 Å². The Kier molecular flexibility index (Phi) is 4.43. The number of halogens is 5. The van der Waals surface area contributed by atoms with Gasteiger partial charge in [0.25, 0.3) is 0 Å². The standard InChI is InChI=1S/C9H11F5O4S/c10-8(9(11,12)13,19(14,16)17)7(15)18-6-4-2-1-3-5-6/h6H,1-5H2/t8-/m1/s1. The fourth-order valence-corrected chi connectivity index (χ4v) is 2.29. The summed E-state index contributed by atoms with van der Waals surface area (Å²) in [5.74, 6) is -2.77. The van der Waals surface area contributed by atoms with Crippen molar-refractivity contribution in [2.24, 2.45) is 0 Å². The Morgan fingerprint density at radius 2 is 1.53 bits per heavy atom. The van der Waals surface area contributed by atoms with Crippen molar-refractivity contribution in [1.82, 2.24) is 0 Å². The van der Waals surface area contributed by atoms with Crippen molar-refractivity contribution in [2.75, 3.05) is 0 Å². The highest BCUT2D eigenvalue weighted by Gasteiger charge is 2.73. The molecule has 1 fully saturated rings. The zero-order valence-electron chi connectivity index (χ0n) is 9.54. The van der Waals surface area contributed by atoms with Gasteiger partial charge >= 0.3 is 27.4 Å². The second-order valence-electron chi connectivity index (χ2n) is 4.20. The van der Waals surface area contributed by atoms with Crippen molar-refractivity contribution < 1.29 is 39.4 Å². The number of rotatable bonds is 3. The van der Waals surface area contributed by atoms with Crippen molar-refractivity contribution in [1.29, 1.82) is 0 Å². The lowest BCUT2D eigenvalue weighted by Crippen LogP contribution is -2.54. The number of hydrogen-bond donors (Lipinski definition) is 0. The molecule has 19 heavy (non-hydrogen) atoms. The topological polar surface area (TPSA) is 60.4 Å². The molecule has 0 bridgehead atoms. The summed E-state index contributed by atoms with van der Waals surface area (Å²) >= 11 is 0. The van der Waals surface area contributed by atoms with Crippen LogP contribution in [0.2, 0.25) is 0 Å². The Morgan fingerprint density at radius 3 is 1.89 bits per heavy atom. The van der Waals surface area contributed by atoms with Gasteiger partial charge in [-0.2, -0.15) is 21.6 Å². The number of hydrogen-bond acceptors (Lipinski definition) is 4. The first-order chi connectivity index (χ1) is 8.50. The van der Waals surface area contributed by atoms with Crippen molar-refractivity contribution in [3.8, 4) is 0 Å². The van der Waals surface area contributed by atoms with Crippen LogP contribution in [0.25, 0.3) is 0 Å². The lowest BCUT2D eigenvalue weighted by molar-refractivity contribution is -0.218. The molecule has 0 spiro atoms. The summed E-state index contributed by atoms with van der Waals surface area (Å²) in [6.07, 6.45) is -5.03. The van der Waals surface area contributed by atoms with Crippen LogP contribution in [0.3, 0.4) is 0 Å². The van der Waals surface area contributed by atoms with Gasteiger partial charge in [0.2, 0.25) is 0 Å². The Morgan fingerprint density at radius 1 is 1.05 bits per heavy atom. The van der Waals surface area contributed by atoms with E-state index in [-0.39, 0.29) is 12.8 Å². The molecule has 0 heterocycles. The minimum absolute atomic E-state index is 0.187. The maximum Gasteiger partial charge on any atom is 0.451 e. The average molecular weight is 310 g/mol. The van der Waals surface area contributed by atoms with E-state index in [4.69, 9.17) is 0 Å². The van der Waals surface area contributed by atoms with E-state index in [1.807, 2.05) is 0 Å². The van der Waals surface area contributed by atoms with Crippen LogP contribution < -0.4 is 0 Å². The first-order valence-electron chi connectivity index (χ1n) is 5.41. The van der Waals surface area contributed by atoms with Gasteiger partial charge in [-0.05, 0) is 25.7 Å². The van der Waals surface area contributed by atoms with E-state index in [1.54, 1.807) is 0 Å². The second kappa shape index (κ2) is 5.22. The molecular formula is C9H11F5O4S. The molecule has 1 rings (SSSR count). The SMILES string of the molecule is O=C(OC1CCCCC1)[C@](F)(C(F)(F)F)S(=O)(=O)F. The molecule has 0 aromatic rings. The van der Waals surface area contributed by atoms with Crippen LogP contribution in [0.5, 0.6) is 0 Å². The van der Waals surface area contributed by atoms with Crippen LogP contribution in [0.1, 0.15) is 32.1 Å². The van der Waals surface area contributed by atoms with Crippen LogP contribution in [0.4, 0.5) is 21.4 Å². The van der Waals surface area contributed by atoms with Gasteiger partial charge in [-0.25, -0.2) is 9.18 Å². The quantitative estimate of drug-likeness (QED) is 0.456. The fraction of sp³-hybridized carbons (Fsp3) is 0.889. The smallest absolute Gasteiger partial charge is 0.451 e. The Bertz CT molecular complexity index is 440. The molecule has 10 heteroatoms. The molecule has 0 aromatic carbocycles. The lowest BCUT2D eigenvalue weighted by Gasteiger charge is -2.26. The molecule has 1 aliphatic carbocycles. The number of carbonyl (C=O) groups is 1. The molecule has 0 radical (unpaired) electrons. The molecule has 0 N–H and O–H groups in total. The van der Waals surface area contributed by atoms with Crippen molar-refractivity contribution >= 4 is 16.2 Å². The van der Waals surface area contributed by atoms with Crippen LogP contribution >= 0.6 is 0 Å². The maximum absolute atomic E-state index is 13.4. The van der Waals surface area contributed by atoms with Gasteiger partial charge in [-0.15, -0.1) is 3.89 Å². The first kappa shape index (κ1) is 16.1. The van der Waals surface area contributed by atoms with Crippen molar-refractivity contribution in [3.05, 3.63) is 0 Å². The molecule has 0 aromatic heterocycles. The van der Waals surface area contributed by atoms with Crippen molar-refractivity contribution in [2.45, 2.75) is 49.4 Å². The van der Waals surface area contributed by atoms with E-state index in [1.165, 1.54) is 0 Å². The zero-order chi connectivity index (χ0) is 14.9. The predicted octanol–water partition coefficient (Wildman–Crippen LogP) is 2.39. The van der Waals surface area contributed by atoms with E-state index in [9.17, 15) is 34.7 Å². The van der Waals surface area contributed by atoms with Gasteiger partial charge in [0, 0.05) is 0 Å². The Hall–Kier alpha value is -0.930. The number of ether oxygens (including phenoxy) is 1. The Balaban J connectivity index is 2.97. The summed E-state index contributed by atoms with van der Waals surface area (Å²) in [5.41, 5.74) is 0.